The predicted molar refractivity (Wildman–Crippen MR) is 87.1 cm³/mol. The van der Waals surface area contributed by atoms with Crippen LogP contribution in [0.3, 0.4) is 0 Å². The molecular formula is C13H16N4O3S2. The largest absolute Gasteiger partial charge is 0.494 e. The van der Waals surface area contributed by atoms with E-state index in [1.807, 2.05) is 12.5 Å². The minimum absolute atomic E-state index is 0.0155. The molecule has 1 aromatic carbocycles. The molecular weight excluding hydrogens is 324 g/mol. The molecule has 118 valence electrons. The fraction of sp³-hybridized carbons (Fsp3) is 0.231. The highest BCUT2D eigenvalue weighted by molar-refractivity contribution is 7.92. The minimum atomic E-state index is -3.73. The van der Waals surface area contributed by atoms with Gasteiger partial charge in [-0.25, -0.2) is 27.5 Å². The first-order valence-corrected chi connectivity index (χ1v) is 9.67. The maximum absolute atomic E-state index is 12.2. The van der Waals surface area contributed by atoms with Crippen LogP contribution in [0.2, 0.25) is 0 Å². The van der Waals surface area contributed by atoms with Crippen molar-refractivity contribution in [3.05, 3.63) is 36.7 Å². The molecule has 1 heterocycles. The van der Waals surface area contributed by atoms with Crippen LogP contribution in [0.25, 0.3) is 0 Å². The summed E-state index contributed by atoms with van der Waals surface area (Å²) in [7, 11) is -2.36. The Morgan fingerprint density at radius 3 is 2.23 bits per heavy atom. The van der Waals surface area contributed by atoms with Gasteiger partial charge in [0.25, 0.3) is 10.0 Å². The molecule has 0 aliphatic carbocycles. The highest BCUT2D eigenvalue weighted by atomic mass is 32.2. The first-order valence-electron chi connectivity index (χ1n) is 6.19. The van der Waals surface area contributed by atoms with E-state index in [1.54, 1.807) is 12.1 Å². The first-order chi connectivity index (χ1) is 10.4. The van der Waals surface area contributed by atoms with Crippen LogP contribution in [-0.4, -0.2) is 38.0 Å². The first kappa shape index (κ1) is 16.4. The summed E-state index contributed by atoms with van der Waals surface area (Å²) in [6.07, 6.45) is 6.73. The van der Waals surface area contributed by atoms with Gasteiger partial charge in [-0.15, -0.1) is 10.7 Å². The number of ether oxygens (including phenoxy) is 1. The topological polar surface area (TPSA) is 93.5 Å². The van der Waals surface area contributed by atoms with Crippen molar-refractivity contribution in [2.75, 3.05) is 24.3 Å². The molecule has 1 N–H and O–H groups in total. The van der Waals surface area contributed by atoms with Crippen molar-refractivity contribution in [1.29, 1.82) is 0 Å². The van der Waals surface area contributed by atoms with E-state index in [9.17, 15) is 8.42 Å². The average Bonchev–Trinajstić information content (AvgIpc) is 2.47. The highest BCUT2D eigenvalue weighted by Crippen LogP contribution is 2.19. The molecule has 0 aliphatic rings. The number of hydrogen-bond donors (Lipinski definition) is 1. The van der Waals surface area contributed by atoms with E-state index in [1.165, 1.54) is 31.6 Å². The smallest absolute Gasteiger partial charge is 0.264 e. The zero-order valence-electron chi connectivity index (χ0n) is 12.3. The molecule has 0 fully saturated rings. The summed E-state index contributed by atoms with van der Waals surface area (Å²) in [5.74, 6) is 0.432. The third kappa shape index (κ3) is 4.25. The van der Waals surface area contributed by atoms with Gasteiger partial charge in [0.1, 0.15) is 0 Å². The summed E-state index contributed by atoms with van der Waals surface area (Å²) in [6.45, 7) is 0. The number of aromatic nitrogens is 2. The molecule has 1 aromatic heterocycles. The Hall–Kier alpha value is -2.00. The van der Waals surface area contributed by atoms with Crippen LogP contribution in [0.15, 0.2) is 45.9 Å². The number of nitrogens with zero attached hydrogens (tertiary/aromatic N) is 3. The van der Waals surface area contributed by atoms with Gasteiger partial charge in [0, 0.05) is 0 Å². The lowest BCUT2D eigenvalue weighted by Gasteiger charge is -2.07. The number of sulfonamides is 1. The molecule has 0 unspecified atom stereocenters. The highest BCUT2D eigenvalue weighted by Gasteiger charge is 2.15. The number of benzene rings is 1. The summed E-state index contributed by atoms with van der Waals surface area (Å²) < 4.78 is 36.1. The number of hydrogen-bond acceptors (Lipinski definition) is 6. The summed E-state index contributed by atoms with van der Waals surface area (Å²) in [4.78, 5) is 7.87. The third-order valence-electron chi connectivity index (χ3n) is 2.52. The van der Waals surface area contributed by atoms with Crippen molar-refractivity contribution < 1.29 is 13.2 Å². The van der Waals surface area contributed by atoms with Crippen molar-refractivity contribution in [1.82, 2.24) is 9.97 Å². The van der Waals surface area contributed by atoms with E-state index < -0.39 is 10.0 Å². The molecule has 0 atom stereocenters. The van der Waals surface area contributed by atoms with E-state index in [2.05, 4.69) is 19.1 Å². The zero-order chi connectivity index (χ0) is 16.2. The van der Waals surface area contributed by atoms with Crippen LogP contribution in [-0.2, 0) is 20.7 Å². The average molecular weight is 340 g/mol. The second-order valence-corrected chi connectivity index (χ2v) is 7.82. The van der Waals surface area contributed by atoms with E-state index in [0.717, 1.165) is 5.69 Å². The normalized spacial score (nSPS) is 11.3. The Labute approximate surface area is 131 Å². The molecule has 0 spiro atoms. The molecule has 0 aliphatic heterocycles. The Balaban J connectivity index is 2.20. The van der Waals surface area contributed by atoms with Crippen molar-refractivity contribution in [2.45, 2.75) is 4.90 Å². The molecule has 0 saturated heterocycles. The maximum Gasteiger partial charge on any atom is 0.264 e. The summed E-state index contributed by atoms with van der Waals surface area (Å²) in [5, 5.41) is 0. The van der Waals surface area contributed by atoms with Crippen molar-refractivity contribution in [2.24, 2.45) is 4.36 Å². The van der Waals surface area contributed by atoms with Gasteiger partial charge in [0.15, 0.2) is 5.75 Å². The SMILES string of the molecule is COc1cnc(NS(=O)(=O)c2ccc(N=S(C)C)cc2)nc1. The lowest BCUT2D eigenvalue weighted by atomic mass is 10.3. The second-order valence-electron chi connectivity index (χ2n) is 4.41. The summed E-state index contributed by atoms with van der Waals surface area (Å²) in [5.41, 5.74) is 0.744. The molecule has 9 heteroatoms. The van der Waals surface area contributed by atoms with Crippen molar-refractivity contribution in [3.8, 4) is 5.75 Å². The van der Waals surface area contributed by atoms with E-state index in [-0.39, 0.29) is 21.5 Å². The molecule has 2 aromatic rings. The molecule has 7 nitrogen and oxygen atoms in total. The van der Waals surface area contributed by atoms with Gasteiger partial charge in [0.2, 0.25) is 5.95 Å². The maximum atomic E-state index is 12.2. The molecule has 0 radical (unpaired) electrons. The number of rotatable bonds is 5. The van der Waals surface area contributed by atoms with Gasteiger partial charge in [-0.1, -0.05) is 0 Å². The van der Waals surface area contributed by atoms with Gasteiger partial charge in [-0.05, 0) is 36.8 Å². The molecule has 0 bridgehead atoms. The van der Waals surface area contributed by atoms with Gasteiger partial charge in [0.05, 0.1) is 30.1 Å². The minimum Gasteiger partial charge on any atom is -0.494 e. The molecule has 2 rings (SSSR count). The Kier molecular flexibility index (Phi) is 5.09. The van der Waals surface area contributed by atoms with E-state index in [4.69, 9.17) is 4.74 Å². The summed E-state index contributed by atoms with van der Waals surface area (Å²) >= 11 is 0. The Bertz CT molecular complexity index is 768. The standard InChI is InChI=1S/C13H16N4O3S2/c1-20-11-8-14-13(15-9-11)17-22(18,19)12-6-4-10(5-7-12)16-21(2)3/h4-9H,1-3H3,(H,14,15,17). The van der Waals surface area contributed by atoms with Crippen LogP contribution in [0, 0.1) is 0 Å². The number of nitrogens with one attached hydrogen (secondary N) is 1. The van der Waals surface area contributed by atoms with Gasteiger partial charge in [-0.3, -0.25) is 0 Å². The quantitative estimate of drug-likeness (QED) is 0.898. The Morgan fingerprint density at radius 2 is 1.73 bits per heavy atom. The van der Waals surface area contributed by atoms with Gasteiger partial charge < -0.3 is 4.74 Å². The van der Waals surface area contributed by atoms with Gasteiger partial charge >= 0.3 is 0 Å². The van der Waals surface area contributed by atoms with E-state index >= 15 is 0 Å². The summed E-state index contributed by atoms with van der Waals surface area (Å²) in [6, 6.07) is 6.32. The van der Waals surface area contributed by atoms with Crippen LogP contribution in [0.1, 0.15) is 0 Å². The second kappa shape index (κ2) is 6.84. The third-order valence-corrected chi connectivity index (χ3v) is 4.44. The fourth-order valence-electron chi connectivity index (χ4n) is 1.55. The molecule has 0 amide bonds. The Morgan fingerprint density at radius 1 is 1.14 bits per heavy atom. The zero-order valence-corrected chi connectivity index (χ0v) is 14.0. The molecule has 0 saturated carbocycles. The van der Waals surface area contributed by atoms with Crippen LogP contribution in [0.5, 0.6) is 5.75 Å². The number of anilines is 1. The van der Waals surface area contributed by atoms with Crippen molar-refractivity contribution >= 4 is 32.4 Å². The van der Waals surface area contributed by atoms with Crippen LogP contribution >= 0.6 is 0 Å². The predicted octanol–water partition coefficient (Wildman–Crippen LogP) is 1.98. The molecule has 22 heavy (non-hydrogen) atoms. The van der Waals surface area contributed by atoms with E-state index in [0.29, 0.717) is 5.75 Å². The van der Waals surface area contributed by atoms with Gasteiger partial charge in [-0.2, -0.15) is 0 Å². The van der Waals surface area contributed by atoms with Crippen LogP contribution < -0.4 is 9.46 Å². The lowest BCUT2D eigenvalue weighted by Crippen LogP contribution is -2.14. The fourth-order valence-corrected chi connectivity index (χ4v) is 3.05. The van der Waals surface area contributed by atoms with Crippen LogP contribution in [0.4, 0.5) is 11.6 Å². The monoisotopic (exact) mass is 340 g/mol. The lowest BCUT2D eigenvalue weighted by molar-refractivity contribution is 0.411. The van der Waals surface area contributed by atoms with Crippen molar-refractivity contribution in [3.63, 3.8) is 0 Å². The number of methoxy groups -OCH3 is 1.